The summed E-state index contributed by atoms with van der Waals surface area (Å²) in [5.74, 6) is -0.0626. The molecule has 0 atom stereocenters. The second kappa shape index (κ2) is 6.76. The molecule has 1 N–H and O–H groups in total. The van der Waals surface area contributed by atoms with Gasteiger partial charge in [-0.15, -0.1) is 0 Å². The Labute approximate surface area is 134 Å². The minimum absolute atomic E-state index is 0.0626. The molecule has 0 radical (unpaired) electrons. The summed E-state index contributed by atoms with van der Waals surface area (Å²) in [5, 5.41) is 2.94. The van der Waals surface area contributed by atoms with Crippen LogP contribution in [0.25, 0.3) is 0 Å². The van der Waals surface area contributed by atoms with Gasteiger partial charge in [-0.05, 0) is 42.3 Å². The Morgan fingerprint density at radius 1 is 1.14 bits per heavy atom. The van der Waals surface area contributed by atoms with Crippen LogP contribution < -0.4 is 10.2 Å². The van der Waals surface area contributed by atoms with Crippen LogP contribution in [0.1, 0.15) is 21.5 Å². The van der Waals surface area contributed by atoms with Crippen LogP contribution >= 0.6 is 15.9 Å². The summed E-state index contributed by atoms with van der Waals surface area (Å²) in [5.41, 5.74) is 4.01. The molecule has 2 aromatic rings. The van der Waals surface area contributed by atoms with E-state index in [9.17, 15) is 4.79 Å². The number of rotatable bonds is 4. The summed E-state index contributed by atoms with van der Waals surface area (Å²) in [7, 11) is 4.01. The monoisotopic (exact) mass is 346 g/mol. The highest BCUT2D eigenvalue weighted by Gasteiger charge is 2.07. The van der Waals surface area contributed by atoms with E-state index in [1.165, 1.54) is 0 Å². The van der Waals surface area contributed by atoms with Gasteiger partial charge in [0, 0.05) is 36.4 Å². The lowest BCUT2D eigenvalue weighted by Crippen LogP contribution is -2.22. The average molecular weight is 347 g/mol. The van der Waals surface area contributed by atoms with Gasteiger partial charge in [0.1, 0.15) is 0 Å². The molecular formula is C17H19BrN2O. The fourth-order valence-corrected chi connectivity index (χ4v) is 2.31. The molecule has 0 unspecified atom stereocenters. The number of benzene rings is 2. The largest absolute Gasteiger partial charge is 0.378 e. The standard InChI is InChI=1S/C17H19BrN2O/c1-12-4-7-14(10-16(12)18)17(21)19-11-13-5-8-15(9-6-13)20(2)3/h4-10H,11H2,1-3H3,(H,19,21). The van der Waals surface area contributed by atoms with Gasteiger partial charge in [0.15, 0.2) is 0 Å². The second-order valence-electron chi connectivity index (χ2n) is 5.21. The number of carbonyl (C=O) groups is 1. The minimum Gasteiger partial charge on any atom is -0.378 e. The molecule has 4 heteroatoms. The zero-order valence-corrected chi connectivity index (χ0v) is 14.1. The van der Waals surface area contributed by atoms with Crippen LogP contribution in [0.3, 0.4) is 0 Å². The fraction of sp³-hybridized carbons (Fsp3) is 0.235. The molecular weight excluding hydrogens is 328 g/mol. The maximum Gasteiger partial charge on any atom is 0.251 e. The van der Waals surface area contributed by atoms with Gasteiger partial charge >= 0.3 is 0 Å². The van der Waals surface area contributed by atoms with Crippen molar-refractivity contribution in [1.29, 1.82) is 0 Å². The summed E-state index contributed by atoms with van der Waals surface area (Å²) in [4.78, 5) is 14.2. The van der Waals surface area contributed by atoms with Crippen molar-refractivity contribution in [1.82, 2.24) is 5.32 Å². The Balaban J connectivity index is 1.98. The van der Waals surface area contributed by atoms with E-state index in [2.05, 4.69) is 21.2 Å². The molecule has 0 aliphatic carbocycles. The molecule has 2 rings (SSSR count). The lowest BCUT2D eigenvalue weighted by atomic mass is 10.1. The fourth-order valence-electron chi connectivity index (χ4n) is 1.93. The van der Waals surface area contributed by atoms with Crippen LogP contribution in [0.15, 0.2) is 46.9 Å². The van der Waals surface area contributed by atoms with Crippen LogP contribution in [0, 0.1) is 6.92 Å². The van der Waals surface area contributed by atoms with Crippen molar-refractivity contribution < 1.29 is 4.79 Å². The summed E-state index contributed by atoms with van der Waals surface area (Å²) < 4.78 is 0.950. The molecule has 0 fully saturated rings. The third-order valence-corrected chi connectivity index (χ3v) is 4.19. The Morgan fingerprint density at radius 3 is 2.38 bits per heavy atom. The molecule has 0 heterocycles. The number of nitrogens with one attached hydrogen (secondary N) is 1. The SMILES string of the molecule is Cc1ccc(C(=O)NCc2ccc(N(C)C)cc2)cc1Br. The van der Waals surface area contributed by atoms with Gasteiger partial charge in [0.05, 0.1) is 0 Å². The van der Waals surface area contributed by atoms with Crippen LogP contribution in [0.5, 0.6) is 0 Å². The number of aryl methyl sites for hydroxylation is 1. The van der Waals surface area contributed by atoms with Crippen molar-refractivity contribution in [2.45, 2.75) is 13.5 Å². The van der Waals surface area contributed by atoms with Crippen molar-refractivity contribution in [3.8, 4) is 0 Å². The van der Waals surface area contributed by atoms with Crippen molar-refractivity contribution in [3.63, 3.8) is 0 Å². The first-order valence-corrected chi connectivity index (χ1v) is 7.57. The normalized spacial score (nSPS) is 10.3. The van der Waals surface area contributed by atoms with E-state index in [0.29, 0.717) is 12.1 Å². The molecule has 1 amide bonds. The van der Waals surface area contributed by atoms with Crippen LogP contribution in [-0.2, 0) is 6.54 Å². The van der Waals surface area contributed by atoms with Crippen molar-refractivity contribution in [2.75, 3.05) is 19.0 Å². The number of anilines is 1. The van der Waals surface area contributed by atoms with Crippen LogP contribution in [0.4, 0.5) is 5.69 Å². The molecule has 2 aromatic carbocycles. The first-order valence-electron chi connectivity index (χ1n) is 6.78. The smallest absolute Gasteiger partial charge is 0.251 e. The second-order valence-corrected chi connectivity index (χ2v) is 6.06. The van der Waals surface area contributed by atoms with E-state index in [4.69, 9.17) is 0 Å². The predicted octanol–water partition coefficient (Wildman–Crippen LogP) is 3.75. The Hall–Kier alpha value is -1.81. The van der Waals surface area contributed by atoms with E-state index >= 15 is 0 Å². The molecule has 0 aliphatic heterocycles. The van der Waals surface area contributed by atoms with Gasteiger partial charge in [0.25, 0.3) is 5.91 Å². The first kappa shape index (κ1) is 15.6. The maximum absolute atomic E-state index is 12.1. The van der Waals surface area contributed by atoms with Crippen LogP contribution in [0.2, 0.25) is 0 Å². The number of hydrogen-bond donors (Lipinski definition) is 1. The van der Waals surface area contributed by atoms with E-state index in [0.717, 1.165) is 21.3 Å². The maximum atomic E-state index is 12.1. The number of nitrogens with zero attached hydrogens (tertiary/aromatic N) is 1. The number of carbonyl (C=O) groups excluding carboxylic acids is 1. The summed E-state index contributed by atoms with van der Waals surface area (Å²) >= 11 is 3.45. The molecule has 110 valence electrons. The number of amides is 1. The summed E-state index contributed by atoms with van der Waals surface area (Å²) in [6, 6.07) is 13.8. The van der Waals surface area contributed by atoms with Gasteiger partial charge in [-0.2, -0.15) is 0 Å². The zero-order valence-electron chi connectivity index (χ0n) is 12.5. The predicted molar refractivity (Wildman–Crippen MR) is 90.8 cm³/mol. The summed E-state index contributed by atoms with van der Waals surface area (Å²) in [6.45, 7) is 2.52. The molecule has 0 aromatic heterocycles. The van der Waals surface area contributed by atoms with Gasteiger partial charge in [0.2, 0.25) is 0 Å². The zero-order chi connectivity index (χ0) is 15.4. The topological polar surface area (TPSA) is 32.3 Å². The third-order valence-electron chi connectivity index (χ3n) is 3.34. The Bertz CT molecular complexity index is 636. The molecule has 0 aliphatic rings. The molecule has 3 nitrogen and oxygen atoms in total. The minimum atomic E-state index is -0.0626. The molecule has 0 spiro atoms. The number of halogens is 1. The average Bonchev–Trinajstić information content (AvgIpc) is 2.48. The Kier molecular flexibility index (Phi) is 5.02. The molecule has 0 bridgehead atoms. The highest BCUT2D eigenvalue weighted by Crippen LogP contribution is 2.17. The van der Waals surface area contributed by atoms with Crippen molar-refractivity contribution in [3.05, 3.63) is 63.6 Å². The number of hydrogen-bond acceptors (Lipinski definition) is 2. The van der Waals surface area contributed by atoms with E-state index < -0.39 is 0 Å². The van der Waals surface area contributed by atoms with Gasteiger partial charge in [-0.25, -0.2) is 0 Å². The lowest BCUT2D eigenvalue weighted by molar-refractivity contribution is 0.0951. The molecule has 0 saturated heterocycles. The van der Waals surface area contributed by atoms with E-state index in [1.807, 2.05) is 68.4 Å². The molecule has 21 heavy (non-hydrogen) atoms. The van der Waals surface area contributed by atoms with E-state index in [-0.39, 0.29) is 5.91 Å². The van der Waals surface area contributed by atoms with E-state index in [1.54, 1.807) is 0 Å². The van der Waals surface area contributed by atoms with Crippen molar-refractivity contribution in [2.24, 2.45) is 0 Å². The highest BCUT2D eigenvalue weighted by molar-refractivity contribution is 9.10. The molecule has 0 saturated carbocycles. The Morgan fingerprint density at radius 2 is 1.81 bits per heavy atom. The van der Waals surface area contributed by atoms with Crippen molar-refractivity contribution >= 4 is 27.5 Å². The van der Waals surface area contributed by atoms with Gasteiger partial charge in [-0.1, -0.05) is 34.1 Å². The van der Waals surface area contributed by atoms with Gasteiger partial charge in [-0.3, -0.25) is 4.79 Å². The quantitative estimate of drug-likeness (QED) is 0.914. The highest BCUT2D eigenvalue weighted by atomic mass is 79.9. The first-order chi connectivity index (χ1) is 9.97. The van der Waals surface area contributed by atoms with Gasteiger partial charge < -0.3 is 10.2 Å². The summed E-state index contributed by atoms with van der Waals surface area (Å²) in [6.07, 6.45) is 0. The third kappa shape index (κ3) is 4.08. The lowest BCUT2D eigenvalue weighted by Gasteiger charge is -2.13. The van der Waals surface area contributed by atoms with Crippen LogP contribution in [-0.4, -0.2) is 20.0 Å².